The Morgan fingerprint density at radius 1 is 1.17 bits per heavy atom. The minimum absolute atomic E-state index is 0.00612. The van der Waals surface area contributed by atoms with E-state index < -0.39 is 16.0 Å². The molecule has 1 heterocycles. The standard InChI is InChI=1S/C16H15N3O4S/c20-15(21)9-6-11-4-7-13(8-5-11)24(22,23)19-14-3-1-2-12-10-17-18-16(12)14/h1-5,7-8,10,19H,6,9H2,(H,17,18)(H,20,21). The highest BCUT2D eigenvalue weighted by atomic mass is 32.2. The first-order chi connectivity index (χ1) is 11.5. The molecule has 3 N–H and O–H groups in total. The Morgan fingerprint density at radius 2 is 1.92 bits per heavy atom. The molecular weight excluding hydrogens is 330 g/mol. The normalized spacial score (nSPS) is 11.5. The number of aliphatic carboxylic acids is 1. The van der Waals surface area contributed by atoms with Crippen LogP contribution in [0.15, 0.2) is 53.6 Å². The molecule has 2 aromatic carbocycles. The molecular formula is C16H15N3O4S. The fourth-order valence-electron chi connectivity index (χ4n) is 2.34. The van der Waals surface area contributed by atoms with Crippen molar-refractivity contribution in [3.63, 3.8) is 0 Å². The van der Waals surface area contributed by atoms with Crippen molar-refractivity contribution in [2.45, 2.75) is 17.7 Å². The molecule has 0 saturated heterocycles. The van der Waals surface area contributed by atoms with Gasteiger partial charge in [0.25, 0.3) is 10.0 Å². The Balaban J connectivity index is 1.82. The van der Waals surface area contributed by atoms with Crippen LogP contribution in [0, 0.1) is 0 Å². The monoisotopic (exact) mass is 345 g/mol. The van der Waals surface area contributed by atoms with Gasteiger partial charge in [-0.15, -0.1) is 0 Å². The molecule has 8 heteroatoms. The predicted octanol–water partition coefficient (Wildman–Crippen LogP) is 2.38. The second-order valence-corrected chi connectivity index (χ2v) is 6.97. The molecule has 3 aromatic rings. The summed E-state index contributed by atoms with van der Waals surface area (Å²) in [6.45, 7) is 0. The van der Waals surface area contributed by atoms with E-state index in [2.05, 4.69) is 14.9 Å². The largest absolute Gasteiger partial charge is 0.481 e. The molecule has 7 nitrogen and oxygen atoms in total. The van der Waals surface area contributed by atoms with Gasteiger partial charge < -0.3 is 5.11 Å². The smallest absolute Gasteiger partial charge is 0.303 e. The van der Waals surface area contributed by atoms with Crippen molar-refractivity contribution in [3.8, 4) is 0 Å². The van der Waals surface area contributed by atoms with E-state index in [1.54, 1.807) is 30.5 Å². The van der Waals surface area contributed by atoms with Crippen LogP contribution in [0.2, 0.25) is 0 Å². The van der Waals surface area contributed by atoms with Crippen molar-refractivity contribution in [2.75, 3.05) is 4.72 Å². The fourth-order valence-corrected chi connectivity index (χ4v) is 3.42. The lowest BCUT2D eigenvalue weighted by atomic mass is 10.1. The molecule has 0 aliphatic heterocycles. The number of H-pyrrole nitrogens is 1. The molecule has 0 saturated carbocycles. The average Bonchev–Trinajstić information content (AvgIpc) is 3.03. The number of aromatic amines is 1. The van der Waals surface area contributed by atoms with Gasteiger partial charge in [-0.2, -0.15) is 5.10 Å². The van der Waals surface area contributed by atoms with Gasteiger partial charge in [-0.05, 0) is 30.2 Å². The topological polar surface area (TPSA) is 112 Å². The third-order valence-electron chi connectivity index (χ3n) is 3.58. The number of anilines is 1. The lowest BCUT2D eigenvalue weighted by Crippen LogP contribution is -2.13. The van der Waals surface area contributed by atoms with Crippen LogP contribution in [-0.4, -0.2) is 29.7 Å². The van der Waals surface area contributed by atoms with E-state index in [1.807, 2.05) is 6.07 Å². The molecule has 3 rings (SSSR count). The van der Waals surface area contributed by atoms with Gasteiger partial charge in [0.15, 0.2) is 0 Å². The van der Waals surface area contributed by atoms with Crippen LogP contribution >= 0.6 is 0 Å². The summed E-state index contributed by atoms with van der Waals surface area (Å²) in [6.07, 6.45) is 1.98. The number of nitrogens with one attached hydrogen (secondary N) is 2. The summed E-state index contributed by atoms with van der Waals surface area (Å²) in [6, 6.07) is 11.4. The van der Waals surface area contributed by atoms with Crippen molar-refractivity contribution in [1.29, 1.82) is 0 Å². The minimum Gasteiger partial charge on any atom is -0.481 e. The summed E-state index contributed by atoms with van der Waals surface area (Å²) < 4.78 is 27.6. The number of rotatable bonds is 6. The lowest BCUT2D eigenvalue weighted by Gasteiger charge is -2.09. The summed E-state index contributed by atoms with van der Waals surface area (Å²) >= 11 is 0. The zero-order valence-corrected chi connectivity index (χ0v) is 13.4. The number of aromatic nitrogens is 2. The van der Waals surface area contributed by atoms with E-state index in [4.69, 9.17) is 5.11 Å². The zero-order chi connectivity index (χ0) is 17.2. The van der Waals surface area contributed by atoms with Crippen LogP contribution in [0.25, 0.3) is 10.9 Å². The van der Waals surface area contributed by atoms with Crippen molar-refractivity contribution < 1.29 is 18.3 Å². The van der Waals surface area contributed by atoms with Crippen LogP contribution in [-0.2, 0) is 21.2 Å². The van der Waals surface area contributed by atoms with Crippen LogP contribution < -0.4 is 4.72 Å². The van der Waals surface area contributed by atoms with E-state index in [9.17, 15) is 13.2 Å². The highest BCUT2D eigenvalue weighted by molar-refractivity contribution is 7.92. The maximum atomic E-state index is 12.5. The van der Waals surface area contributed by atoms with Crippen molar-refractivity contribution in [3.05, 3.63) is 54.2 Å². The maximum absolute atomic E-state index is 12.5. The number of hydrogen-bond acceptors (Lipinski definition) is 4. The first-order valence-corrected chi connectivity index (χ1v) is 8.70. The molecule has 24 heavy (non-hydrogen) atoms. The quantitative estimate of drug-likeness (QED) is 0.635. The molecule has 0 amide bonds. The summed E-state index contributed by atoms with van der Waals surface area (Å²) in [5, 5.41) is 16.2. The highest BCUT2D eigenvalue weighted by Crippen LogP contribution is 2.23. The van der Waals surface area contributed by atoms with Gasteiger partial charge in [-0.25, -0.2) is 8.42 Å². The van der Waals surface area contributed by atoms with Crippen molar-refractivity contribution >= 4 is 32.6 Å². The number of sulfonamides is 1. The molecule has 0 fully saturated rings. The van der Waals surface area contributed by atoms with E-state index in [0.29, 0.717) is 17.6 Å². The highest BCUT2D eigenvalue weighted by Gasteiger charge is 2.16. The molecule has 0 bridgehead atoms. The van der Waals surface area contributed by atoms with E-state index in [-0.39, 0.29) is 11.3 Å². The van der Waals surface area contributed by atoms with Gasteiger partial charge in [-0.3, -0.25) is 14.6 Å². The van der Waals surface area contributed by atoms with Crippen molar-refractivity contribution in [1.82, 2.24) is 10.2 Å². The molecule has 0 unspecified atom stereocenters. The maximum Gasteiger partial charge on any atom is 0.303 e. The number of nitrogens with zero attached hydrogens (tertiary/aromatic N) is 1. The Hall–Kier alpha value is -2.87. The summed E-state index contributed by atoms with van der Waals surface area (Å²) in [4.78, 5) is 10.7. The molecule has 0 radical (unpaired) electrons. The summed E-state index contributed by atoms with van der Waals surface area (Å²) in [5.74, 6) is -0.888. The van der Waals surface area contributed by atoms with Crippen LogP contribution in [0.4, 0.5) is 5.69 Å². The van der Waals surface area contributed by atoms with Crippen molar-refractivity contribution in [2.24, 2.45) is 0 Å². The Morgan fingerprint density at radius 3 is 2.62 bits per heavy atom. The predicted molar refractivity (Wildman–Crippen MR) is 89.3 cm³/mol. The third kappa shape index (κ3) is 3.38. The minimum atomic E-state index is -3.74. The van der Waals surface area contributed by atoms with Gasteiger partial charge in [-0.1, -0.05) is 24.3 Å². The Kier molecular flexibility index (Phi) is 4.22. The summed E-state index contributed by atoms with van der Waals surface area (Å²) in [5.41, 5.74) is 1.80. The number of carbonyl (C=O) groups is 1. The fraction of sp³-hybridized carbons (Fsp3) is 0.125. The molecule has 0 aliphatic carbocycles. The number of aryl methyl sites for hydroxylation is 1. The number of fused-ring (bicyclic) bond motifs is 1. The molecule has 0 aliphatic rings. The van der Waals surface area contributed by atoms with Gasteiger partial charge in [0.05, 0.1) is 22.3 Å². The molecule has 1 aromatic heterocycles. The first-order valence-electron chi connectivity index (χ1n) is 7.21. The lowest BCUT2D eigenvalue weighted by molar-refractivity contribution is -0.136. The number of carboxylic acids is 1. The van der Waals surface area contributed by atoms with Crippen LogP contribution in [0.5, 0.6) is 0 Å². The van der Waals surface area contributed by atoms with Crippen LogP contribution in [0.3, 0.4) is 0 Å². The van der Waals surface area contributed by atoms with Gasteiger partial charge >= 0.3 is 5.97 Å². The van der Waals surface area contributed by atoms with Gasteiger partial charge in [0, 0.05) is 11.8 Å². The van der Waals surface area contributed by atoms with Crippen LogP contribution in [0.1, 0.15) is 12.0 Å². The number of hydrogen-bond donors (Lipinski definition) is 3. The van der Waals surface area contributed by atoms with Gasteiger partial charge in [0.2, 0.25) is 0 Å². The second kappa shape index (κ2) is 6.32. The zero-order valence-electron chi connectivity index (χ0n) is 12.6. The van der Waals surface area contributed by atoms with Gasteiger partial charge in [0.1, 0.15) is 0 Å². The average molecular weight is 345 g/mol. The molecule has 0 atom stereocenters. The number of para-hydroxylation sites is 1. The number of benzene rings is 2. The SMILES string of the molecule is O=C(O)CCc1ccc(S(=O)(=O)Nc2cccc3cn[nH]c23)cc1. The summed E-state index contributed by atoms with van der Waals surface area (Å²) in [7, 11) is -3.74. The third-order valence-corrected chi connectivity index (χ3v) is 4.96. The second-order valence-electron chi connectivity index (χ2n) is 5.28. The molecule has 0 spiro atoms. The van der Waals surface area contributed by atoms with E-state index >= 15 is 0 Å². The molecule has 124 valence electrons. The first kappa shape index (κ1) is 16.0. The Labute approximate surface area is 138 Å². The van der Waals surface area contributed by atoms with E-state index in [0.717, 1.165) is 10.9 Å². The number of carboxylic acid groups (broad SMARTS) is 1. The van der Waals surface area contributed by atoms with E-state index in [1.165, 1.54) is 12.1 Å². The Bertz CT molecular complexity index is 978.